The van der Waals surface area contributed by atoms with E-state index in [1.807, 2.05) is 30.3 Å². The van der Waals surface area contributed by atoms with E-state index in [9.17, 15) is 9.59 Å². The Bertz CT molecular complexity index is 715. The van der Waals surface area contributed by atoms with Gasteiger partial charge in [0.15, 0.2) is 6.10 Å². The number of piperidine rings is 1. The Morgan fingerprint density at radius 2 is 1.93 bits per heavy atom. The van der Waals surface area contributed by atoms with Gasteiger partial charge in [-0.2, -0.15) is 0 Å². The summed E-state index contributed by atoms with van der Waals surface area (Å²) in [6.07, 6.45) is 3.83. The molecule has 2 fully saturated rings. The van der Waals surface area contributed by atoms with E-state index in [0.717, 1.165) is 11.4 Å². The van der Waals surface area contributed by atoms with Crippen molar-refractivity contribution in [2.75, 3.05) is 31.7 Å². The van der Waals surface area contributed by atoms with Crippen molar-refractivity contribution in [3.63, 3.8) is 0 Å². The van der Waals surface area contributed by atoms with Crippen molar-refractivity contribution in [3.05, 3.63) is 49.6 Å². The van der Waals surface area contributed by atoms with Gasteiger partial charge in [0, 0.05) is 37.7 Å². The maximum Gasteiger partial charge on any atom is 0.258 e. The SMILES string of the molecule is C=CCO[C@H]1C(=O)N(c2ccc(OC)cc2)[C@H]1[C@@H]1CC(=O)CCN1CC=C. The summed E-state index contributed by atoms with van der Waals surface area (Å²) in [5.74, 6) is 0.851. The highest BCUT2D eigenvalue weighted by atomic mass is 16.5. The normalized spacial score (nSPS) is 25.8. The Kier molecular flexibility index (Phi) is 6.08. The molecule has 6 heteroatoms. The van der Waals surface area contributed by atoms with Crippen LogP contribution in [0, 0.1) is 0 Å². The number of nitrogens with zero attached hydrogens (tertiary/aromatic N) is 2. The van der Waals surface area contributed by atoms with Crippen molar-refractivity contribution in [1.29, 1.82) is 0 Å². The number of likely N-dealkylation sites (tertiary alicyclic amines) is 1. The molecular weight excluding hydrogens is 344 g/mol. The largest absolute Gasteiger partial charge is 0.497 e. The smallest absolute Gasteiger partial charge is 0.258 e. The number of benzene rings is 1. The summed E-state index contributed by atoms with van der Waals surface area (Å²) in [5, 5.41) is 0. The second kappa shape index (κ2) is 8.50. The molecule has 0 spiro atoms. The molecule has 0 saturated carbocycles. The molecule has 144 valence electrons. The molecule has 0 aliphatic carbocycles. The number of rotatable bonds is 8. The average Bonchev–Trinajstić information content (AvgIpc) is 2.68. The van der Waals surface area contributed by atoms with Gasteiger partial charge < -0.3 is 14.4 Å². The molecule has 1 aromatic rings. The standard InChI is InChI=1S/C21H26N2O4/c1-4-11-22-12-10-16(24)14-18(22)19-20(27-13-5-2)21(25)23(19)15-6-8-17(26-3)9-7-15/h4-9,18-20H,1-2,10-14H2,3H3/t18-,19-,20+/m0/s1. The number of carbonyl (C=O) groups excluding carboxylic acids is 2. The Hall–Kier alpha value is -2.44. The molecule has 2 aliphatic heterocycles. The van der Waals surface area contributed by atoms with Gasteiger partial charge in [0.25, 0.3) is 5.91 Å². The predicted octanol–water partition coefficient (Wildman–Crippen LogP) is 2.20. The summed E-state index contributed by atoms with van der Waals surface area (Å²) in [7, 11) is 1.60. The van der Waals surface area contributed by atoms with Crippen LogP contribution in [0.3, 0.4) is 0 Å². The molecule has 2 heterocycles. The van der Waals surface area contributed by atoms with Crippen LogP contribution >= 0.6 is 0 Å². The fourth-order valence-corrected chi connectivity index (χ4v) is 3.87. The third-order valence-electron chi connectivity index (χ3n) is 5.17. The number of methoxy groups -OCH3 is 1. The van der Waals surface area contributed by atoms with Crippen molar-refractivity contribution >= 4 is 17.4 Å². The van der Waals surface area contributed by atoms with Crippen LogP contribution < -0.4 is 9.64 Å². The molecule has 1 amide bonds. The zero-order valence-electron chi connectivity index (χ0n) is 15.7. The van der Waals surface area contributed by atoms with Crippen LogP contribution in [0.2, 0.25) is 0 Å². The van der Waals surface area contributed by atoms with Crippen molar-refractivity contribution < 1.29 is 19.1 Å². The molecule has 0 unspecified atom stereocenters. The van der Waals surface area contributed by atoms with E-state index in [-0.39, 0.29) is 23.8 Å². The van der Waals surface area contributed by atoms with Crippen LogP contribution in [0.25, 0.3) is 0 Å². The van der Waals surface area contributed by atoms with Gasteiger partial charge in [0.2, 0.25) is 0 Å². The quantitative estimate of drug-likeness (QED) is 0.519. The first-order chi connectivity index (χ1) is 13.1. The number of β-lactam (4-membered cyclic amide) rings is 1. The number of carbonyl (C=O) groups is 2. The summed E-state index contributed by atoms with van der Waals surface area (Å²) in [6, 6.07) is 7.04. The number of hydrogen-bond acceptors (Lipinski definition) is 5. The maximum absolute atomic E-state index is 12.8. The summed E-state index contributed by atoms with van der Waals surface area (Å²) in [5.41, 5.74) is 0.779. The van der Waals surface area contributed by atoms with Crippen molar-refractivity contribution in [3.8, 4) is 5.75 Å². The van der Waals surface area contributed by atoms with Crippen LogP contribution in [0.15, 0.2) is 49.6 Å². The zero-order chi connectivity index (χ0) is 19.4. The topological polar surface area (TPSA) is 59.1 Å². The highest BCUT2D eigenvalue weighted by Crippen LogP contribution is 2.37. The molecule has 27 heavy (non-hydrogen) atoms. The number of ketones is 1. The zero-order valence-corrected chi connectivity index (χ0v) is 15.7. The highest BCUT2D eigenvalue weighted by molar-refractivity contribution is 6.05. The fraction of sp³-hybridized carbons (Fsp3) is 0.429. The summed E-state index contributed by atoms with van der Waals surface area (Å²) < 4.78 is 11.0. The minimum atomic E-state index is -0.576. The van der Waals surface area contributed by atoms with Crippen LogP contribution in [-0.2, 0) is 14.3 Å². The van der Waals surface area contributed by atoms with Crippen molar-refractivity contribution in [2.24, 2.45) is 0 Å². The van der Waals surface area contributed by atoms with Crippen LogP contribution in [0.1, 0.15) is 12.8 Å². The lowest BCUT2D eigenvalue weighted by Gasteiger charge is -2.53. The molecule has 3 atom stereocenters. The van der Waals surface area contributed by atoms with Crippen LogP contribution in [-0.4, -0.2) is 61.6 Å². The van der Waals surface area contributed by atoms with E-state index in [2.05, 4.69) is 18.1 Å². The first-order valence-electron chi connectivity index (χ1n) is 9.17. The summed E-state index contributed by atoms with van der Waals surface area (Å²) >= 11 is 0. The fourth-order valence-electron chi connectivity index (χ4n) is 3.87. The van der Waals surface area contributed by atoms with Gasteiger partial charge in [-0.25, -0.2) is 0 Å². The van der Waals surface area contributed by atoms with Gasteiger partial charge in [-0.15, -0.1) is 13.2 Å². The van der Waals surface area contributed by atoms with Gasteiger partial charge >= 0.3 is 0 Å². The Labute approximate surface area is 160 Å². The second-order valence-electron chi connectivity index (χ2n) is 6.78. The monoisotopic (exact) mass is 370 g/mol. The van der Waals surface area contributed by atoms with E-state index in [0.29, 0.717) is 32.5 Å². The summed E-state index contributed by atoms with van der Waals surface area (Å²) in [4.78, 5) is 29.0. The third-order valence-corrected chi connectivity index (χ3v) is 5.17. The average molecular weight is 370 g/mol. The summed E-state index contributed by atoms with van der Waals surface area (Å²) in [6.45, 7) is 9.13. The minimum Gasteiger partial charge on any atom is -0.497 e. The highest BCUT2D eigenvalue weighted by Gasteiger charge is 2.54. The van der Waals surface area contributed by atoms with E-state index in [4.69, 9.17) is 9.47 Å². The first kappa shape index (κ1) is 19.3. The van der Waals surface area contributed by atoms with E-state index in [1.54, 1.807) is 18.1 Å². The molecule has 0 radical (unpaired) electrons. The molecule has 2 saturated heterocycles. The third kappa shape index (κ3) is 3.82. The number of Topliss-reactive ketones (excluding diaryl/α,β-unsaturated/α-hetero) is 1. The maximum atomic E-state index is 12.8. The second-order valence-corrected chi connectivity index (χ2v) is 6.78. The molecular formula is C21H26N2O4. The minimum absolute atomic E-state index is 0.0939. The van der Waals surface area contributed by atoms with Gasteiger partial charge in [0.05, 0.1) is 19.8 Å². The molecule has 2 aliphatic rings. The number of hydrogen-bond donors (Lipinski definition) is 0. The lowest BCUT2D eigenvalue weighted by Crippen LogP contribution is -2.73. The lowest BCUT2D eigenvalue weighted by atomic mass is 9.83. The van der Waals surface area contributed by atoms with Gasteiger partial charge in [0.1, 0.15) is 11.5 Å². The van der Waals surface area contributed by atoms with Gasteiger partial charge in [-0.1, -0.05) is 12.2 Å². The first-order valence-corrected chi connectivity index (χ1v) is 9.17. The molecule has 0 aromatic heterocycles. The lowest BCUT2D eigenvalue weighted by molar-refractivity contribution is -0.146. The van der Waals surface area contributed by atoms with Crippen LogP contribution in [0.4, 0.5) is 5.69 Å². The molecule has 3 rings (SSSR count). The Balaban J connectivity index is 1.90. The Morgan fingerprint density at radius 3 is 2.56 bits per heavy atom. The van der Waals surface area contributed by atoms with E-state index in [1.165, 1.54) is 0 Å². The molecule has 0 N–H and O–H groups in total. The number of ether oxygens (including phenoxy) is 2. The molecule has 6 nitrogen and oxygen atoms in total. The van der Waals surface area contributed by atoms with Crippen molar-refractivity contribution in [1.82, 2.24) is 4.90 Å². The molecule has 1 aromatic carbocycles. The van der Waals surface area contributed by atoms with Crippen molar-refractivity contribution in [2.45, 2.75) is 31.0 Å². The number of anilines is 1. The van der Waals surface area contributed by atoms with Gasteiger partial charge in [-0.05, 0) is 24.3 Å². The number of amides is 1. The predicted molar refractivity (Wildman–Crippen MR) is 104 cm³/mol. The van der Waals surface area contributed by atoms with Crippen LogP contribution in [0.5, 0.6) is 5.75 Å². The van der Waals surface area contributed by atoms with E-state index >= 15 is 0 Å². The Morgan fingerprint density at radius 1 is 1.19 bits per heavy atom. The van der Waals surface area contributed by atoms with Gasteiger partial charge in [-0.3, -0.25) is 14.5 Å². The molecule has 0 bridgehead atoms. The van der Waals surface area contributed by atoms with E-state index < -0.39 is 6.10 Å².